The van der Waals surface area contributed by atoms with Crippen LogP contribution in [0.1, 0.15) is 10.4 Å². The Morgan fingerprint density at radius 3 is 2.24 bits per heavy atom. The van der Waals surface area contributed by atoms with Crippen molar-refractivity contribution in [3.05, 3.63) is 88.4 Å². The lowest BCUT2D eigenvalue weighted by Gasteiger charge is -2.18. The summed E-state index contributed by atoms with van der Waals surface area (Å²) < 4.78 is 0. The average molecular weight is 428 g/mol. The minimum atomic E-state index is -0.263. The molecule has 0 aliphatic heterocycles. The summed E-state index contributed by atoms with van der Waals surface area (Å²) in [5.41, 5.74) is 2.50. The molecule has 148 valence electrons. The van der Waals surface area contributed by atoms with Crippen LogP contribution in [-0.2, 0) is 4.79 Å². The highest BCUT2D eigenvalue weighted by Crippen LogP contribution is 2.22. The van der Waals surface area contributed by atoms with Crippen LogP contribution in [0, 0.1) is 0 Å². The molecule has 0 saturated heterocycles. The minimum Gasteiger partial charge on any atom is -0.376 e. The molecule has 0 aromatic heterocycles. The minimum absolute atomic E-state index is 0.0241. The second-order valence-corrected chi connectivity index (χ2v) is 7.21. The topological polar surface area (TPSA) is 61.4 Å². The Balaban J connectivity index is 1.62. The summed E-state index contributed by atoms with van der Waals surface area (Å²) in [6, 6.07) is 21.2. The van der Waals surface area contributed by atoms with Crippen LogP contribution < -0.4 is 15.5 Å². The largest absolute Gasteiger partial charge is 0.376 e. The molecule has 0 aliphatic rings. The third-order valence-corrected chi connectivity index (χ3v) is 4.59. The molecule has 3 aromatic carbocycles. The van der Waals surface area contributed by atoms with Gasteiger partial charge in [-0.3, -0.25) is 9.59 Å². The molecule has 0 aliphatic carbocycles. The lowest BCUT2D eigenvalue weighted by molar-refractivity contribution is -0.114. The smallest absolute Gasteiger partial charge is 0.258 e. The van der Waals surface area contributed by atoms with E-state index in [1.807, 2.05) is 30.3 Å². The molecule has 0 saturated carbocycles. The van der Waals surface area contributed by atoms with Crippen LogP contribution in [-0.4, -0.2) is 25.4 Å². The van der Waals surface area contributed by atoms with Crippen molar-refractivity contribution in [1.82, 2.24) is 0 Å². The van der Waals surface area contributed by atoms with Gasteiger partial charge in [0.2, 0.25) is 5.91 Å². The van der Waals surface area contributed by atoms with Gasteiger partial charge in [-0.05, 0) is 48.5 Å². The molecule has 3 aromatic rings. The standard InChI is InChI=1S/C22H19Cl2N3O2/c1-27(20-8-3-2-4-9-20)22(29)15-6-5-7-18(10-15)25-14-21(28)26-19-12-16(23)11-17(24)13-19/h2-13,25H,14H2,1H3,(H,26,28). The van der Waals surface area contributed by atoms with Gasteiger partial charge in [0.05, 0.1) is 6.54 Å². The highest BCUT2D eigenvalue weighted by molar-refractivity contribution is 6.35. The Morgan fingerprint density at radius 1 is 0.862 bits per heavy atom. The van der Waals surface area contributed by atoms with Crippen LogP contribution >= 0.6 is 23.2 Å². The maximum atomic E-state index is 12.7. The zero-order valence-corrected chi connectivity index (χ0v) is 17.2. The molecule has 29 heavy (non-hydrogen) atoms. The van der Waals surface area contributed by atoms with E-state index in [-0.39, 0.29) is 18.4 Å². The molecule has 2 N–H and O–H groups in total. The fourth-order valence-electron chi connectivity index (χ4n) is 2.74. The molecule has 0 spiro atoms. The number of nitrogens with one attached hydrogen (secondary N) is 2. The second-order valence-electron chi connectivity index (χ2n) is 6.34. The molecule has 0 heterocycles. The van der Waals surface area contributed by atoms with Crippen LogP contribution in [0.5, 0.6) is 0 Å². The number of para-hydroxylation sites is 1. The number of anilines is 3. The molecule has 5 nitrogen and oxygen atoms in total. The summed E-state index contributed by atoms with van der Waals surface area (Å²) in [7, 11) is 1.72. The van der Waals surface area contributed by atoms with E-state index >= 15 is 0 Å². The zero-order chi connectivity index (χ0) is 20.8. The van der Waals surface area contributed by atoms with Gasteiger partial charge in [0, 0.05) is 39.7 Å². The monoisotopic (exact) mass is 427 g/mol. The van der Waals surface area contributed by atoms with Crippen molar-refractivity contribution in [2.24, 2.45) is 0 Å². The summed E-state index contributed by atoms with van der Waals surface area (Å²) in [6.07, 6.45) is 0. The van der Waals surface area contributed by atoms with Gasteiger partial charge in [-0.1, -0.05) is 47.5 Å². The Kier molecular flexibility index (Phi) is 6.75. The van der Waals surface area contributed by atoms with E-state index in [1.165, 1.54) is 0 Å². The fraction of sp³-hybridized carbons (Fsp3) is 0.0909. The number of nitrogens with zero attached hydrogens (tertiary/aromatic N) is 1. The average Bonchev–Trinajstić information content (AvgIpc) is 2.71. The predicted molar refractivity (Wildman–Crippen MR) is 119 cm³/mol. The van der Waals surface area contributed by atoms with Gasteiger partial charge in [-0.25, -0.2) is 0 Å². The van der Waals surface area contributed by atoms with Crippen molar-refractivity contribution in [3.63, 3.8) is 0 Å². The first-order chi connectivity index (χ1) is 13.9. The molecule has 0 unspecified atom stereocenters. The number of benzene rings is 3. The van der Waals surface area contributed by atoms with E-state index in [0.29, 0.717) is 27.0 Å². The third-order valence-electron chi connectivity index (χ3n) is 4.16. The quantitative estimate of drug-likeness (QED) is 0.559. The van der Waals surface area contributed by atoms with Crippen LogP contribution in [0.4, 0.5) is 17.1 Å². The SMILES string of the molecule is CN(C(=O)c1cccc(NCC(=O)Nc2cc(Cl)cc(Cl)c2)c1)c1ccccc1. The second kappa shape index (κ2) is 9.45. The lowest BCUT2D eigenvalue weighted by atomic mass is 10.1. The first-order valence-electron chi connectivity index (χ1n) is 8.85. The highest BCUT2D eigenvalue weighted by atomic mass is 35.5. The molecule has 0 bridgehead atoms. The van der Waals surface area contributed by atoms with Crippen molar-refractivity contribution in [1.29, 1.82) is 0 Å². The summed E-state index contributed by atoms with van der Waals surface area (Å²) in [6.45, 7) is 0.0241. The van der Waals surface area contributed by atoms with Crippen LogP contribution in [0.3, 0.4) is 0 Å². The number of hydrogen-bond acceptors (Lipinski definition) is 3. The molecular formula is C22H19Cl2N3O2. The number of carbonyl (C=O) groups excluding carboxylic acids is 2. The van der Waals surface area contributed by atoms with Crippen molar-refractivity contribution in [2.75, 3.05) is 29.1 Å². The van der Waals surface area contributed by atoms with Crippen molar-refractivity contribution >= 4 is 52.1 Å². The van der Waals surface area contributed by atoms with Gasteiger partial charge in [0.15, 0.2) is 0 Å². The van der Waals surface area contributed by atoms with E-state index in [1.54, 1.807) is 54.4 Å². The van der Waals surface area contributed by atoms with Crippen molar-refractivity contribution in [3.8, 4) is 0 Å². The summed E-state index contributed by atoms with van der Waals surface area (Å²) in [4.78, 5) is 26.5. The van der Waals surface area contributed by atoms with Gasteiger partial charge in [0.25, 0.3) is 5.91 Å². The molecule has 3 rings (SSSR count). The van der Waals surface area contributed by atoms with Crippen molar-refractivity contribution in [2.45, 2.75) is 0 Å². The highest BCUT2D eigenvalue weighted by Gasteiger charge is 2.14. The fourth-order valence-corrected chi connectivity index (χ4v) is 3.26. The molecular weight excluding hydrogens is 409 g/mol. The normalized spacial score (nSPS) is 10.3. The van der Waals surface area contributed by atoms with E-state index in [0.717, 1.165) is 5.69 Å². The van der Waals surface area contributed by atoms with E-state index in [2.05, 4.69) is 10.6 Å². The van der Waals surface area contributed by atoms with Crippen LogP contribution in [0.25, 0.3) is 0 Å². The van der Waals surface area contributed by atoms with Gasteiger partial charge in [-0.2, -0.15) is 0 Å². The maximum absolute atomic E-state index is 12.7. The summed E-state index contributed by atoms with van der Waals surface area (Å²) in [5.74, 6) is -0.403. The number of hydrogen-bond donors (Lipinski definition) is 2. The first kappa shape index (κ1) is 20.7. The van der Waals surface area contributed by atoms with Crippen LogP contribution in [0.15, 0.2) is 72.8 Å². The predicted octanol–water partition coefficient (Wildman–Crippen LogP) is 5.32. The third kappa shape index (κ3) is 5.73. The Bertz CT molecular complexity index is 1010. The molecule has 0 fully saturated rings. The Labute approximate surface area is 179 Å². The zero-order valence-electron chi connectivity index (χ0n) is 15.7. The number of carbonyl (C=O) groups is 2. The van der Waals surface area contributed by atoms with Gasteiger partial charge in [0.1, 0.15) is 0 Å². The molecule has 2 amide bonds. The molecule has 0 radical (unpaired) electrons. The summed E-state index contributed by atoms with van der Waals surface area (Å²) in [5, 5.41) is 6.62. The van der Waals surface area contributed by atoms with E-state index < -0.39 is 0 Å². The van der Waals surface area contributed by atoms with E-state index in [9.17, 15) is 9.59 Å². The van der Waals surface area contributed by atoms with Gasteiger partial charge < -0.3 is 15.5 Å². The Hall–Kier alpha value is -3.02. The Morgan fingerprint density at radius 2 is 1.55 bits per heavy atom. The first-order valence-corrected chi connectivity index (χ1v) is 9.61. The van der Waals surface area contributed by atoms with Crippen LogP contribution in [0.2, 0.25) is 10.0 Å². The molecule has 7 heteroatoms. The number of amides is 2. The van der Waals surface area contributed by atoms with Gasteiger partial charge in [-0.15, -0.1) is 0 Å². The van der Waals surface area contributed by atoms with E-state index in [4.69, 9.17) is 23.2 Å². The maximum Gasteiger partial charge on any atom is 0.258 e. The lowest BCUT2D eigenvalue weighted by Crippen LogP contribution is -2.26. The number of rotatable bonds is 6. The summed E-state index contributed by atoms with van der Waals surface area (Å²) >= 11 is 11.9. The van der Waals surface area contributed by atoms with Crippen molar-refractivity contribution < 1.29 is 9.59 Å². The number of halogens is 2. The van der Waals surface area contributed by atoms with Gasteiger partial charge >= 0.3 is 0 Å². The molecule has 0 atom stereocenters.